The summed E-state index contributed by atoms with van der Waals surface area (Å²) in [6.45, 7) is 3.42. The van der Waals surface area contributed by atoms with Crippen molar-refractivity contribution in [2.75, 3.05) is 38.3 Å². The highest BCUT2D eigenvalue weighted by molar-refractivity contribution is 6.33. The van der Waals surface area contributed by atoms with E-state index in [-0.39, 0.29) is 5.84 Å². The zero-order chi connectivity index (χ0) is 21.3. The summed E-state index contributed by atoms with van der Waals surface area (Å²) >= 11 is 0. The minimum absolute atomic E-state index is 0.0274. The maximum Gasteiger partial charge on any atom is 0.139 e. The Labute approximate surface area is 178 Å². The van der Waals surface area contributed by atoms with Crippen LogP contribution in [0.3, 0.4) is 0 Å². The molecule has 3 rings (SSSR count). The monoisotopic (exact) mass is 402 g/mol. The van der Waals surface area contributed by atoms with Crippen LogP contribution in [0.15, 0.2) is 47.6 Å². The molecule has 3 N–H and O–H groups in total. The zero-order valence-electron chi connectivity index (χ0n) is 17.5. The predicted molar refractivity (Wildman–Crippen MR) is 124 cm³/mol. The summed E-state index contributed by atoms with van der Waals surface area (Å²) < 4.78 is 5.36. The molecule has 1 aliphatic heterocycles. The Kier molecular flexibility index (Phi) is 7.60. The standard InChI is InChI=1S/C22H27BN6O/c1-28(16-18-5-2-3-7-19(18)23)22-17(6-4-9-27-22)15-26-10-8-20(21(24)25)29-11-13-30-14-12-29/h2-7,9,15,20H,11-14,16,23H2,1H3,(H3,24,25)/b26-15+. The number of hydrogen-bond donors (Lipinski definition) is 2. The molecule has 1 saturated heterocycles. The van der Waals surface area contributed by atoms with E-state index in [0.717, 1.165) is 17.9 Å². The number of amidine groups is 1. The second-order valence-electron chi connectivity index (χ2n) is 7.22. The van der Waals surface area contributed by atoms with E-state index < -0.39 is 6.04 Å². The van der Waals surface area contributed by atoms with Gasteiger partial charge in [-0.2, -0.15) is 0 Å². The van der Waals surface area contributed by atoms with E-state index in [9.17, 15) is 0 Å². The molecule has 7 nitrogen and oxygen atoms in total. The molecule has 2 aromatic rings. The first-order chi connectivity index (χ1) is 14.6. The summed E-state index contributed by atoms with van der Waals surface area (Å²) in [6.07, 6.45) is 3.48. The third-order valence-corrected chi connectivity index (χ3v) is 5.02. The van der Waals surface area contributed by atoms with E-state index in [1.54, 1.807) is 12.4 Å². The number of benzene rings is 1. The third-order valence-electron chi connectivity index (χ3n) is 5.02. The first-order valence-corrected chi connectivity index (χ1v) is 9.96. The number of nitrogens with one attached hydrogen (secondary N) is 1. The fourth-order valence-corrected chi connectivity index (χ4v) is 3.35. The van der Waals surface area contributed by atoms with Crippen LogP contribution in [-0.2, 0) is 11.3 Å². The summed E-state index contributed by atoms with van der Waals surface area (Å²) in [5.41, 5.74) is 9.13. The van der Waals surface area contributed by atoms with Crippen molar-refractivity contribution in [1.29, 1.82) is 5.41 Å². The van der Waals surface area contributed by atoms with Crippen molar-refractivity contribution in [3.05, 3.63) is 53.7 Å². The number of aromatic nitrogens is 1. The molecule has 1 unspecified atom stereocenters. The molecule has 8 heteroatoms. The van der Waals surface area contributed by atoms with Gasteiger partial charge in [-0.1, -0.05) is 35.6 Å². The fraction of sp³-hybridized carbons (Fsp3) is 0.318. The minimum Gasteiger partial charge on any atom is -0.385 e. The molecule has 1 atom stereocenters. The van der Waals surface area contributed by atoms with Gasteiger partial charge in [-0.05, 0) is 17.7 Å². The van der Waals surface area contributed by atoms with Gasteiger partial charge >= 0.3 is 0 Å². The molecular weight excluding hydrogens is 375 g/mol. The van der Waals surface area contributed by atoms with Crippen LogP contribution in [0.1, 0.15) is 11.1 Å². The summed E-state index contributed by atoms with van der Waals surface area (Å²) in [5.74, 6) is 3.86. The van der Waals surface area contributed by atoms with Crippen molar-refractivity contribution in [3.63, 3.8) is 0 Å². The molecule has 0 saturated carbocycles. The number of nitrogens with zero attached hydrogens (tertiary/aromatic N) is 4. The van der Waals surface area contributed by atoms with Crippen molar-refractivity contribution in [3.8, 4) is 12.0 Å². The Morgan fingerprint density at radius 1 is 1.37 bits per heavy atom. The zero-order valence-corrected chi connectivity index (χ0v) is 17.5. The highest BCUT2D eigenvalue weighted by atomic mass is 16.5. The molecule has 1 aromatic heterocycles. The molecule has 0 amide bonds. The van der Waals surface area contributed by atoms with Gasteiger partial charge in [-0.25, -0.2) is 9.98 Å². The molecule has 2 heterocycles. The summed E-state index contributed by atoms with van der Waals surface area (Å²) in [6, 6.07) is 14.5. The van der Waals surface area contributed by atoms with Gasteiger partial charge in [0.1, 0.15) is 25.5 Å². The normalized spacial score (nSPS) is 15.4. The summed E-state index contributed by atoms with van der Waals surface area (Å²) in [5, 5.41) is 7.83. The Hall–Kier alpha value is -3.15. The maximum atomic E-state index is 7.83. The van der Waals surface area contributed by atoms with Crippen LogP contribution in [0.4, 0.5) is 5.82 Å². The number of morpholine rings is 1. The molecule has 0 bridgehead atoms. The van der Waals surface area contributed by atoms with E-state index in [1.807, 2.05) is 36.2 Å². The lowest BCUT2D eigenvalue weighted by molar-refractivity contribution is 0.0367. The number of ether oxygens (including phenoxy) is 1. The third kappa shape index (κ3) is 5.69. The highest BCUT2D eigenvalue weighted by Gasteiger charge is 2.21. The van der Waals surface area contributed by atoms with Gasteiger partial charge in [0.2, 0.25) is 0 Å². The molecule has 0 spiro atoms. The van der Waals surface area contributed by atoms with E-state index in [1.165, 1.54) is 11.0 Å². The van der Waals surface area contributed by atoms with E-state index in [2.05, 4.69) is 46.8 Å². The van der Waals surface area contributed by atoms with Crippen LogP contribution < -0.4 is 16.1 Å². The lowest BCUT2D eigenvalue weighted by atomic mass is 9.90. The number of nitrogens with two attached hydrogens (primary N) is 1. The van der Waals surface area contributed by atoms with Crippen molar-refractivity contribution in [1.82, 2.24) is 9.88 Å². The van der Waals surface area contributed by atoms with Gasteiger partial charge in [0.05, 0.1) is 13.2 Å². The minimum atomic E-state index is -0.442. The Morgan fingerprint density at radius 3 is 2.87 bits per heavy atom. The van der Waals surface area contributed by atoms with Gasteiger partial charge < -0.3 is 15.4 Å². The number of rotatable bonds is 6. The molecular formula is C22H27BN6O. The van der Waals surface area contributed by atoms with E-state index >= 15 is 0 Å². The Balaban J connectivity index is 1.73. The van der Waals surface area contributed by atoms with Gasteiger partial charge in [0, 0.05) is 50.7 Å². The molecule has 30 heavy (non-hydrogen) atoms. The molecule has 1 aromatic carbocycles. The second kappa shape index (κ2) is 10.6. The van der Waals surface area contributed by atoms with Crippen molar-refractivity contribution in [2.45, 2.75) is 12.6 Å². The van der Waals surface area contributed by atoms with E-state index in [0.29, 0.717) is 26.3 Å². The molecule has 0 aliphatic carbocycles. The number of hydrogen-bond acceptors (Lipinski definition) is 6. The van der Waals surface area contributed by atoms with Crippen molar-refractivity contribution in [2.24, 2.45) is 10.7 Å². The molecule has 1 fully saturated rings. The summed E-state index contributed by atoms with van der Waals surface area (Å²) in [7, 11) is 4.13. The molecule has 154 valence electrons. The Morgan fingerprint density at radius 2 is 2.13 bits per heavy atom. The van der Waals surface area contributed by atoms with Crippen LogP contribution in [0, 0.1) is 17.4 Å². The lowest BCUT2D eigenvalue weighted by Gasteiger charge is -2.30. The van der Waals surface area contributed by atoms with Crippen LogP contribution in [0.2, 0.25) is 0 Å². The summed E-state index contributed by atoms with van der Waals surface area (Å²) in [4.78, 5) is 12.9. The molecule has 1 aliphatic rings. The second-order valence-corrected chi connectivity index (χ2v) is 7.22. The Bertz CT molecular complexity index is 961. The quantitative estimate of drug-likeness (QED) is 0.307. The number of aliphatic imine (C=N–C) groups is 1. The largest absolute Gasteiger partial charge is 0.385 e. The number of anilines is 1. The van der Waals surface area contributed by atoms with Gasteiger partial charge in [0.25, 0.3) is 0 Å². The highest BCUT2D eigenvalue weighted by Crippen LogP contribution is 2.16. The van der Waals surface area contributed by atoms with Crippen LogP contribution in [-0.4, -0.2) is 69.2 Å². The van der Waals surface area contributed by atoms with Crippen LogP contribution >= 0.6 is 0 Å². The first kappa shape index (κ1) is 21.6. The van der Waals surface area contributed by atoms with Crippen molar-refractivity contribution >= 4 is 31.2 Å². The smallest absolute Gasteiger partial charge is 0.139 e. The SMILES string of the molecule is Bc1ccccc1CN(C)c1ncccc1/C=N/C#CC(C(=N)N)N1CCOCC1. The van der Waals surface area contributed by atoms with E-state index in [4.69, 9.17) is 15.9 Å². The number of pyridine rings is 1. The van der Waals surface area contributed by atoms with Gasteiger partial charge in [-0.3, -0.25) is 10.3 Å². The van der Waals surface area contributed by atoms with Crippen LogP contribution in [0.5, 0.6) is 0 Å². The van der Waals surface area contributed by atoms with Crippen LogP contribution in [0.25, 0.3) is 0 Å². The molecule has 0 radical (unpaired) electrons. The van der Waals surface area contributed by atoms with Crippen molar-refractivity contribution < 1.29 is 4.74 Å². The first-order valence-electron chi connectivity index (χ1n) is 9.96. The maximum absolute atomic E-state index is 7.83. The van der Waals surface area contributed by atoms with Gasteiger partial charge in [-0.15, -0.1) is 0 Å². The topological polar surface area (TPSA) is 90.8 Å². The average Bonchev–Trinajstić information content (AvgIpc) is 2.76. The predicted octanol–water partition coefficient (Wildman–Crippen LogP) is -0.00703. The lowest BCUT2D eigenvalue weighted by Crippen LogP contribution is -2.48. The fourth-order valence-electron chi connectivity index (χ4n) is 3.35. The average molecular weight is 402 g/mol. The van der Waals surface area contributed by atoms with Gasteiger partial charge in [0.15, 0.2) is 0 Å².